The standard InChI is InChI=1S/C20H18N2O3/c1-14(16-8-4-6-10-18(16)24-2)22-12-15(13-23)20(21-22)17-9-5-7-11-19(17)25-3/h4-13H,1H2,2-3H3. The number of methoxy groups -OCH3 is 2. The van der Waals surface area contributed by atoms with E-state index < -0.39 is 0 Å². The Morgan fingerprint density at radius 2 is 1.68 bits per heavy atom. The van der Waals surface area contributed by atoms with Crippen LogP contribution in [0.5, 0.6) is 11.5 Å². The van der Waals surface area contributed by atoms with Crippen LogP contribution in [0.25, 0.3) is 17.0 Å². The molecule has 2 aromatic carbocycles. The molecule has 5 heteroatoms. The number of aldehydes is 1. The minimum absolute atomic E-state index is 0.459. The van der Waals surface area contributed by atoms with Crippen molar-refractivity contribution in [2.45, 2.75) is 0 Å². The highest BCUT2D eigenvalue weighted by Crippen LogP contribution is 2.32. The van der Waals surface area contributed by atoms with Crippen LogP contribution in [-0.4, -0.2) is 30.3 Å². The molecule has 3 aromatic rings. The normalized spacial score (nSPS) is 10.3. The number of rotatable bonds is 6. The van der Waals surface area contributed by atoms with Crippen molar-refractivity contribution in [3.63, 3.8) is 0 Å². The number of carbonyl (C=O) groups excluding carboxylic acids is 1. The van der Waals surface area contributed by atoms with E-state index in [9.17, 15) is 4.79 Å². The monoisotopic (exact) mass is 334 g/mol. The van der Waals surface area contributed by atoms with Crippen molar-refractivity contribution in [2.24, 2.45) is 0 Å². The molecule has 126 valence electrons. The molecule has 1 aromatic heterocycles. The van der Waals surface area contributed by atoms with Gasteiger partial charge >= 0.3 is 0 Å². The van der Waals surface area contributed by atoms with Crippen molar-refractivity contribution >= 4 is 12.0 Å². The molecule has 0 bridgehead atoms. The van der Waals surface area contributed by atoms with E-state index in [0.717, 1.165) is 17.4 Å². The summed E-state index contributed by atoms with van der Waals surface area (Å²) in [6.07, 6.45) is 2.43. The Kier molecular flexibility index (Phi) is 4.66. The van der Waals surface area contributed by atoms with Crippen molar-refractivity contribution in [1.82, 2.24) is 9.78 Å². The molecule has 0 atom stereocenters. The average Bonchev–Trinajstić information content (AvgIpc) is 3.11. The van der Waals surface area contributed by atoms with Crippen molar-refractivity contribution in [1.29, 1.82) is 0 Å². The summed E-state index contributed by atoms with van der Waals surface area (Å²) in [6.45, 7) is 4.10. The lowest BCUT2D eigenvalue weighted by Crippen LogP contribution is -2.01. The fourth-order valence-electron chi connectivity index (χ4n) is 2.67. The fraction of sp³-hybridized carbons (Fsp3) is 0.100. The van der Waals surface area contributed by atoms with Crippen molar-refractivity contribution < 1.29 is 14.3 Å². The number of aromatic nitrogens is 2. The van der Waals surface area contributed by atoms with Gasteiger partial charge in [-0.3, -0.25) is 4.79 Å². The molecule has 0 unspecified atom stereocenters. The van der Waals surface area contributed by atoms with E-state index >= 15 is 0 Å². The first kappa shape index (κ1) is 16.5. The highest BCUT2D eigenvalue weighted by atomic mass is 16.5. The number of benzene rings is 2. The molecule has 0 spiro atoms. The Morgan fingerprint density at radius 1 is 1.04 bits per heavy atom. The van der Waals surface area contributed by atoms with E-state index in [1.165, 1.54) is 0 Å². The molecular weight excluding hydrogens is 316 g/mol. The molecule has 0 aliphatic rings. The molecule has 1 heterocycles. The lowest BCUT2D eigenvalue weighted by molar-refractivity contribution is 0.112. The van der Waals surface area contributed by atoms with Crippen LogP contribution < -0.4 is 9.47 Å². The van der Waals surface area contributed by atoms with Gasteiger partial charge in [-0.15, -0.1) is 0 Å². The summed E-state index contributed by atoms with van der Waals surface area (Å²) in [5.41, 5.74) is 3.17. The van der Waals surface area contributed by atoms with Gasteiger partial charge in [0.1, 0.15) is 17.2 Å². The van der Waals surface area contributed by atoms with Crippen LogP contribution in [0.1, 0.15) is 15.9 Å². The summed E-state index contributed by atoms with van der Waals surface area (Å²) >= 11 is 0. The van der Waals surface area contributed by atoms with E-state index in [-0.39, 0.29) is 0 Å². The first-order chi connectivity index (χ1) is 12.2. The maximum atomic E-state index is 11.5. The van der Waals surface area contributed by atoms with Crippen LogP contribution in [-0.2, 0) is 0 Å². The summed E-state index contributed by atoms with van der Waals surface area (Å²) < 4.78 is 12.4. The largest absolute Gasteiger partial charge is 0.496 e. The van der Waals surface area contributed by atoms with E-state index in [2.05, 4.69) is 11.7 Å². The first-order valence-electron chi connectivity index (χ1n) is 7.70. The third kappa shape index (κ3) is 3.04. The van der Waals surface area contributed by atoms with E-state index in [0.29, 0.717) is 28.5 Å². The van der Waals surface area contributed by atoms with Gasteiger partial charge in [-0.2, -0.15) is 5.10 Å². The number of para-hydroxylation sites is 2. The van der Waals surface area contributed by atoms with Crippen molar-refractivity contribution in [3.05, 3.63) is 72.4 Å². The van der Waals surface area contributed by atoms with Crippen LogP contribution in [0.2, 0.25) is 0 Å². The molecule has 0 aliphatic heterocycles. The minimum Gasteiger partial charge on any atom is -0.496 e. The van der Waals surface area contributed by atoms with Crippen LogP contribution in [0.4, 0.5) is 0 Å². The van der Waals surface area contributed by atoms with Gasteiger partial charge in [-0.1, -0.05) is 30.8 Å². The first-order valence-corrected chi connectivity index (χ1v) is 7.70. The average molecular weight is 334 g/mol. The maximum absolute atomic E-state index is 11.5. The van der Waals surface area contributed by atoms with Crippen LogP contribution in [0.3, 0.4) is 0 Å². The highest BCUT2D eigenvalue weighted by molar-refractivity contribution is 5.88. The van der Waals surface area contributed by atoms with Gasteiger partial charge in [0, 0.05) is 17.3 Å². The Balaban J connectivity index is 2.10. The molecule has 3 rings (SSSR count). The Hall–Kier alpha value is -3.34. The summed E-state index contributed by atoms with van der Waals surface area (Å²) in [5.74, 6) is 1.34. The van der Waals surface area contributed by atoms with Gasteiger partial charge in [-0.25, -0.2) is 4.68 Å². The molecule has 0 N–H and O–H groups in total. The zero-order valence-corrected chi connectivity index (χ0v) is 14.1. The van der Waals surface area contributed by atoms with Gasteiger partial charge in [0.2, 0.25) is 0 Å². The van der Waals surface area contributed by atoms with Gasteiger partial charge in [0.25, 0.3) is 0 Å². The molecule has 25 heavy (non-hydrogen) atoms. The smallest absolute Gasteiger partial charge is 0.153 e. The molecule has 0 saturated heterocycles. The van der Waals surface area contributed by atoms with E-state index in [1.807, 2.05) is 48.5 Å². The van der Waals surface area contributed by atoms with E-state index in [4.69, 9.17) is 9.47 Å². The number of nitrogens with zero attached hydrogens (tertiary/aromatic N) is 2. The second kappa shape index (κ2) is 7.05. The molecular formula is C20H18N2O3. The molecule has 0 saturated carbocycles. The lowest BCUT2D eigenvalue weighted by atomic mass is 10.1. The van der Waals surface area contributed by atoms with Crippen molar-refractivity contribution in [2.75, 3.05) is 14.2 Å². The number of carbonyl (C=O) groups is 1. The van der Waals surface area contributed by atoms with Crippen LogP contribution >= 0.6 is 0 Å². The second-order valence-electron chi connectivity index (χ2n) is 5.34. The third-order valence-corrected chi connectivity index (χ3v) is 3.93. The highest BCUT2D eigenvalue weighted by Gasteiger charge is 2.17. The minimum atomic E-state index is 0.459. The number of hydrogen-bond donors (Lipinski definition) is 0. The summed E-state index contributed by atoms with van der Waals surface area (Å²) in [6, 6.07) is 15.0. The van der Waals surface area contributed by atoms with Gasteiger partial charge in [0.05, 0.1) is 25.5 Å². The predicted octanol–water partition coefficient (Wildman–Crippen LogP) is 3.90. The topological polar surface area (TPSA) is 53.4 Å². The van der Waals surface area contributed by atoms with E-state index in [1.54, 1.807) is 25.1 Å². The molecule has 0 radical (unpaired) electrons. The van der Waals surface area contributed by atoms with Gasteiger partial charge in [-0.05, 0) is 24.3 Å². The summed E-state index contributed by atoms with van der Waals surface area (Å²) in [5, 5.41) is 4.56. The molecule has 0 fully saturated rings. The summed E-state index contributed by atoms with van der Waals surface area (Å²) in [4.78, 5) is 11.5. The number of hydrogen-bond acceptors (Lipinski definition) is 4. The Bertz CT molecular complexity index is 928. The zero-order valence-electron chi connectivity index (χ0n) is 14.1. The van der Waals surface area contributed by atoms with Crippen LogP contribution in [0.15, 0.2) is 61.3 Å². The second-order valence-corrected chi connectivity index (χ2v) is 5.34. The SMILES string of the molecule is C=C(c1ccccc1OC)n1cc(C=O)c(-c2ccccc2OC)n1. The molecule has 5 nitrogen and oxygen atoms in total. The third-order valence-electron chi connectivity index (χ3n) is 3.93. The lowest BCUT2D eigenvalue weighted by Gasteiger charge is -2.11. The summed E-state index contributed by atoms with van der Waals surface area (Å²) in [7, 11) is 3.19. The number of ether oxygens (including phenoxy) is 2. The predicted molar refractivity (Wildman–Crippen MR) is 97.0 cm³/mol. The van der Waals surface area contributed by atoms with Crippen molar-refractivity contribution in [3.8, 4) is 22.8 Å². The zero-order chi connectivity index (χ0) is 17.8. The molecule has 0 aliphatic carbocycles. The van der Waals surface area contributed by atoms with Gasteiger partial charge < -0.3 is 9.47 Å². The quantitative estimate of drug-likeness (QED) is 0.642. The fourth-order valence-corrected chi connectivity index (χ4v) is 2.67. The van der Waals surface area contributed by atoms with Gasteiger partial charge in [0.15, 0.2) is 6.29 Å². The molecule has 0 amide bonds. The Labute approximate surface area is 146 Å². The maximum Gasteiger partial charge on any atom is 0.153 e. The van der Waals surface area contributed by atoms with Crippen LogP contribution in [0, 0.1) is 0 Å². The Morgan fingerprint density at radius 3 is 2.36 bits per heavy atom.